The highest BCUT2D eigenvalue weighted by Crippen LogP contribution is 2.30. The van der Waals surface area contributed by atoms with Gasteiger partial charge in [-0.3, -0.25) is 19.4 Å². The fourth-order valence-electron chi connectivity index (χ4n) is 2.88. The van der Waals surface area contributed by atoms with Gasteiger partial charge in [0.15, 0.2) is 11.2 Å². The summed E-state index contributed by atoms with van der Waals surface area (Å²) >= 11 is 1.03. The first-order chi connectivity index (χ1) is 11.1. The van der Waals surface area contributed by atoms with E-state index in [2.05, 4.69) is 0 Å². The Morgan fingerprint density at radius 1 is 1.29 bits per heavy atom. The van der Waals surface area contributed by atoms with E-state index in [0.717, 1.165) is 11.8 Å². The Hall–Kier alpha value is -1.57. The van der Waals surface area contributed by atoms with Gasteiger partial charge in [0.1, 0.15) is 5.60 Å². The number of fused-ring (bicyclic) bond motifs is 1. The summed E-state index contributed by atoms with van der Waals surface area (Å²) in [4.78, 5) is 48.8. The maximum atomic E-state index is 12.8. The van der Waals surface area contributed by atoms with Gasteiger partial charge < -0.3 is 4.74 Å². The Kier molecular flexibility index (Phi) is 5.57. The van der Waals surface area contributed by atoms with Gasteiger partial charge in [0.2, 0.25) is 11.8 Å². The Labute approximate surface area is 146 Å². The molecule has 0 spiro atoms. The molecule has 0 saturated carbocycles. The molecule has 2 amide bonds. The molecule has 0 aromatic heterocycles. The smallest absolute Gasteiger partial charge is 0.331 e. The monoisotopic (exact) mass is 356 g/mol. The molecule has 0 aromatic carbocycles. The lowest BCUT2D eigenvalue weighted by atomic mass is 9.98. The molecule has 2 heterocycles. The van der Waals surface area contributed by atoms with Crippen molar-refractivity contribution >= 4 is 34.7 Å². The molecule has 2 aliphatic rings. The van der Waals surface area contributed by atoms with Crippen LogP contribution < -0.4 is 0 Å². The van der Waals surface area contributed by atoms with Gasteiger partial charge in [-0.05, 0) is 33.6 Å². The van der Waals surface area contributed by atoms with Gasteiger partial charge >= 0.3 is 5.97 Å². The van der Waals surface area contributed by atoms with Crippen LogP contribution in [0.1, 0.15) is 47.0 Å². The van der Waals surface area contributed by atoms with E-state index in [1.807, 2.05) is 0 Å². The zero-order chi connectivity index (χ0) is 18.1. The van der Waals surface area contributed by atoms with Crippen molar-refractivity contribution in [2.45, 2.75) is 58.6 Å². The third-order valence-electron chi connectivity index (χ3n) is 3.85. The average Bonchev–Trinajstić information content (AvgIpc) is 2.47. The van der Waals surface area contributed by atoms with Crippen molar-refractivity contribution in [3.05, 3.63) is 0 Å². The number of nitrogens with zero attached hydrogens (tertiary/aromatic N) is 2. The molecule has 2 fully saturated rings. The van der Waals surface area contributed by atoms with Gasteiger partial charge in [-0.25, -0.2) is 9.80 Å². The topological polar surface area (TPSA) is 84.0 Å². The Morgan fingerprint density at radius 3 is 2.54 bits per heavy atom. The van der Waals surface area contributed by atoms with E-state index in [0.29, 0.717) is 19.4 Å². The fourth-order valence-corrected chi connectivity index (χ4v) is 3.57. The molecule has 0 aromatic rings. The van der Waals surface area contributed by atoms with E-state index in [9.17, 15) is 19.2 Å². The maximum absolute atomic E-state index is 12.8. The minimum Gasteiger partial charge on any atom is -0.458 e. The number of carbonyl (C=O) groups is 4. The number of thioether (sulfide) groups is 1. The summed E-state index contributed by atoms with van der Waals surface area (Å²) in [5, 5.41) is 2.55. The van der Waals surface area contributed by atoms with E-state index < -0.39 is 23.5 Å². The first kappa shape index (κ1) is 18.8. The summed E-state index contributed by atoms with van der Waals surface area (Å²) in [5.74, 6) is -1.28. The quantitative estimate of drug-likeness (QED) is 0.710. The van der Waals surface area contributed by atoms with Crippen LogP contribution >= 0.6 is 11.8 Å². The highest BCUT2D eigenvalue weighted by Gasteiger charge is 2.47. The van der Waals surface area contributed by atoms with Gasteiger partial charge in [-0.1, -0.05) is 11.8 Å². The minimum atomic E-state index is -0.778. The Morgan fingerprint density at radius 2 is 1.96 bits per heavy atom. The first-order valence-corrected chi connectivity index (χ1v) is 9.08. The van der Waals surface area contributed by atoms with Crippen LogP contribution in [-0.2, 0) is 23.9 Å². The largest absolute Gasteiger partial charge is 0.458 e. The summed E-state index contributed by atoms with van der Waals surface area (Å²) in [6, 6.07) is -0.778. The van der Waals surface area contributed by atoms with Gasteiger partial charge in [0, 0.05) is 25.6 Å². The van der Waals surface area contributed by atoms with Gasteiger partial charge in [-0.2, -0.15) is 0 Å². The van der Waals surface area contributed by atoms with Crippen molar-refractivity contribution in [2.75, 3.05) is 12.3 Å². The van der Waals surface area contributed by atoms with E-state index in [4.69, 9.17) is 4.74 Å². The van der Waals surface area contributed by atoms with Crippen molar-refractivity contribution in [1.82, 2.24) is 10.0 Å². The summed E-state index contributed by atoms with van der Waals surface area (Å²) in [6.45, 7) is 7.15. The number of rotatable bonds is 3. The maximum Gasteiger partial charge on any atom is 0.331 e. The Balaban J connectivity index is 2.19. The number of ether oxygens (including phenoxy) is 1. The fraction of sp³-hybridized carbons (Fsp3) is 0.750. The second kappa shape index (κ2) is 7.13. The van der Waals surface area contributed by atoms with Crippen molar-refractivity contribution in [2.24, 2.45) is 5.92 Å². The van der Waals surface area contributed by atoms with Gasteiger partial charge in [0.05, 0.1) is 5.92 Å². The van der Waals surface area contributed by atoms with Crippen molar-refractivity contribution in [3.8, 4) is 0 Å². The molecular formula is C16H24N2O5S. The predicted octanol–water partition coefficient (Wildman–Crippen LogP) is 1.36. The minimum absolute atomic E-state index is 0.0800. The molecular weight excluding hydrogens is 332 g/mol. The summed E-state index contributed by atoms with van der Waals surface area (Å²) in [5.41, 5.74) is -0.661. The van der Waals surface area contributed by atoms with E-state index in [1.54, 1.807) is 20.8 Å². The molecule has 0 bridgehead atoms. The normalized spacial score (nSPS) is 24.7. The number of carbonyl (C=O) groups excluding carboxylic acids is 4. The van der Waals surface area contributed by atoms with Crippen molar-refractivity contribution < 1.29 is 23.9 Å². The van der Waals surface area contributed by atoms with Crippen molar-refractivity contribution in [3.63, 3.8) is 0 Å². The zero-order valence-electron chi connectivity index (χ0n) is 14.5. The second-order valence-corrected chi connectivity index (χ2v) is 8.29. The van der Waals surface area contributed by atoms with Gasteiger partial charge in [0.25, 0.3) is 0 Å². The first-order valence-electron chi connectivity index (χ1n) is 8.09. The molecule has 8 heteroatoms. The van der Waals surface area contributed by atoms with Crippen LogP contribution in [0.25, 0.3) is 0 Å². The molecule has 7 nitrogen and oxygen atoms in total. The van der Waals surface area contributed by atoms with Crippen LogP contribution in [0.4, 0.5) is 0 Å². The molecule has 24 heavy (non-hydrogen) atoms. The van der Waals surface area contributed by atoms with Gasteiger partial charge in [-0.15, -0.1) is 0 Å². The SMILES string of the molecule is CC(=O)SCC1CC(=O)N2CCCC(C(=O)OC(C)(C)C)N2C1=O. The van der Waals surface area contributed by atoms with Crippen LogP contribution in [-0.4, -0.2) is 56.9 Å². The molecule has 134 valence electrons. The third kappa shape index (κ3) is 4.28. The molecule has 0 aliphatic carbocycles. The number of amides is 2. The molecule has 2 atom stereocenters. The zero-order valence-corrected chi connectivity index (χ0v) is 15.4. The second-order valence-electron chi connectivity index (χ2n) is 7.09. The lowest BCUT2D eigenvalue weighted by molar-refractivity contribution is -0.197. The van der Waals surface area contributed by atoms with Crippen LogP contribution in [0.3, 0.4) is 0 Å². The molecule has 2 rings (SSSR count). The predicted molar refractivity (Wildman–Crippen MR) is 88.7 cm³/mol. The van der Waals surface area contributed by atoms with E-state index >= 15 is 0 Å². The number of hydrogen-bond acceptors (Lipinski definition) is 6. The van der Waals surface area contributed by atoms with E-state index in [-0.39, 0.29) is 29.1 Å². The van der Waals surface area contributed by atoms with E-state index in [1.165, 1.54) is 16.9 Å². The van der Waals surface area contributed by atoms with Crippen LogP contribution in [0, 0.1) is 5.92 Å². The Bertz CT molecular complexity index is 557. The van der Waals surface area contributed by atoms with Crippen LogP contribution in [0.15, 0.2) is 0 Å². The van der Waals surface area contributed by atoms with Crippen LogP contribution in [0.5, 0.6) is 0 Å². The standard InChI is InChI=1S/C16H24N2O5S/c1-10(19)24-9-11-8-13(20)17-7-5-6-12(18(17)14(11)21)15(22)23-16(2,3)4/h11-12H,5-9H2,1-4H3. The van der Waals surface area contributed by atoms with Crippen molar-refractivity contribution in [1.29, 1.82) is 0 Å². The lowest BCUT2D eigenvalue weighted by Gasteiger charge is -2.47. The molecule has 0 radical (unpaired) electrons. The molecule has 0 N–H and O–H groups in total. The third-order valence-corrected chi connectivity index (χ3v) is 4.83. The highest BCUT2D eigenvalue weighted by atomic mass is 32.2. The summed E-state index contributed by atoms with van der Waals surface area (Å²) in [6.07, 6.45) is 1.19. The molecule has 2 aliphatic heterocycles. The molecule has 2 saturated heterocycles. The summed E-state index contributed by atoms with van der Waals surface area (Å²) in [7, 11) is 0. The average molecular weight is 356 g/mol. The number of hydrogen-bond donors (Lipinski definition) is 0. The number of esters is 1. The lowest BCUT2D eigenvalue weighted by Crippen LogP contribution is -2.65. The molecule has 2 unspecified atom stereocenters. The highest BCUT2D eigenvalue weighted by molar-refractivity contribution is 8.13. The number of hydrazine groups is 1. The van der Waals surface area contributed by atoms with Crippen LogP contribution in [0.2, 0.25) is 0 Å². The summed E-state index contributed by atoms with van der Waals surface area (Å²) < 4.78 is 5.41.